The van der Waals surface area contributed by atoms with E-state index >= 15 is 0 Å². The van der Waals surface area contributed by atoms with Gasteiger partial charge in [-0.05, 0) is 47.9 Å². The van der Waals surface area contributed by atoms with Crippen molar-refractivity contribution < 1.29 is 14.3 Å². The number of rotatable bonds is 6. The topological polar surface area (TPSA) is 89.8 Å². The van der Waals surface area contributed by atoms with Gasteiger partial charge in [0.15, 0.2) is 0 Å². The first-order valence-electron chi connectivity index (χ1n) is 12.2. The Morgan fingerprint density at radius 1 is 1.19 bits per heavy atom. The zero-order chi connectivity index (χ0) is 26.0. The molecule has 0 radical (unpaired) electrons. The summed E-state index contributed by atoms with van der Waals surface area (Å²) in [5.41, 5.74) is 2.76. The fraction of sp³-hybridized carbons (Fsp3) is 0.481. The number of halogens is 1. The lowest BCUT2D eigenvalue weighted by Crippen LogP contribution is -2.49. The molecule has 1 aromatic heterocycles. The third kappa shape index (κ3) is 5.57. The molecule has 1 unspecified atom stereocenters. The van der Waals surface area contributed by atoms with Gasteiger partial charge < -0.3 is 19.4 Å². The van der Waals surface area contributed by atoms with Crippen LogP contribution in [0.15, 0.2) is 30.5 Å². The first-order chi connectivity index (χ1) is 17.1. The third-order valence-electron chi connectivity index (χ3n) is 7.17. The van der Waals surface area contributed by atoms with Crippen molar-refractivity contribution in [2.45, 2.75) is 26.7 Å². The van der Waals surface area contributed by atoms with E-state index in [4.69, 9.17) is 16.3 Å². The highest BCUT2D eigenvalue weighted by Gasteiger charge is 2.44. The number of nitriles is 1. The summed E-state index contributed by atoms with van der Waals surface area (Å²) in [7, 11) is 3.35. The summed E-state index contributed by atoms with van der Waals surface area (Å²) in [6, 6.07) is 9.22. The molecule has 190 valence electrons. The second-order valence-electron chi connectivity index (χ2n) is 10.4. The van der Waals surface area contributed by atoms with Gasteiger partial charge in [0.2, 0.25) is 0 Å². The van der Waals surface area contributed by atoms with Gasteiger partial charge in [-0.15, -0.1) is 0 Å². The maximum Gasteiger partial charge on any atom is 0.409 e. The number of aromatic nitrogens is 1. The highest BCUT2D eigenvalue weighted by molar-refractivity contribution is 6.34. The van der Waals surface area contributed by atoms with Gasteiger partial charge in [-0.25, -0.2) is 9.78 Å². The number of hydrogen-bond acceptors (Lipinski definition) is 6. The summed E-state index contributed by atoms with van der Waals surface area (Å²) < 4.78 is 5.49. The molecule has 4 rings (SSSR count). The van der Waals surface area contributed by atoms with E-state index < -0.39 is 0 Å². The molecule has 2 amide bonds. The van der Waals surface area contributed by atoms with Crippen LogP contribution in [0.4, 0.5) is 10.6 Å². The summed E-state index contributed by atoms with van der Waals surface area (Å²) in [5.74, 6) is 1.07. The quantitative estimate of drug-likeness (QED) is 0.562. The Labute approximate surface area is 217 Å². The highest BCUT2D eigenvalue weighted by Crippen LogP contribution is 2.53. The fourth-order valence-corrected chi connectivity index (χ4v) is 4.87. The molecular formula is C27H32ClN5O3. The minimum Gasteiger partial charge on any atom is -0.449 e. The summed E-state index contributed by atoms with van der Waals surface area (Å²) >= 11 is 6.36. The maximum atomic E-state index is 12.4. The van der Waals surface area contributed by atoms with Gasteiger partial charge in [-0.3, -0.25) is 4.79 Å². The molecule has 1 saturated carbocycles. The van der Waals surface area contributed by atoms with Crippen LogP contribution in [-0.2, 0) is 4.74 Å². The van der Waals surface area contributed by atoms with Gasteiger partial charge in [-0.1, -0.05) is 31.5 Å². The first-order valence-corrected chi connectivity index (χ1v) is 12.6. The van der Waals surface area contributed by atoms with E-state index in [0.717, 1.165) is 17.5 Å². The van der Waals surface area contributed by atoms with Crippen molar-refractivity contribution in [3.8, 4) is 17.2 Å². The summed E-state index contributed by atoms with van der Waals surface area (Å²) in [6.45, 7) is 7.11. The SMILES string of the molecule is CN(C)C(=O)c1ccc(-c2cnc(N3CCN(C(=O)OCCC4CC4(C)C)CC3)c(C#N)c2)cc1Cl. The molecule has 0 N–H and O–H groups in total. The highest BCUT2D eigenvalue weighted by atomic mass is 35.5. The molecule has 1 atom stereocenters. The molecule has 2 fully saturated rings. The van der Waals surface area contributed by atoms with Crippen LogP contribution in [0, 0.1) is 22.7 Å². The number of piperazine rings is 1. The zero-order valence-corrected chi connectivity index (χ0v) is 22.0. The van der Waals surface area contributed by atoms with Gasteiger partial charge in [-0.2, -0.15) is 5.26 Å². The number of benzene rings is 1. The molecule has 2 aromatic rings. The van der Waals surface area contributed by atoms with Crippen LogP contribution in [0.1, 0.15) is 42.6 Å². The van der Waals surface area contributed by atoms with E-state index in [-0.39, 0.29) is 12.0 Å². The number of amides is 2. The molecule has 1 aromatic carbocycles. The van der Waals surface area contributed by atoms with Crippen LogP contribution in [-0.4, -0.2) is 73.7 Å². The van der Waals surface area contributed by atoms with Crippen LogP contribution < -0.4 is 4.90 Å². The number of hydrogen-bond donors (Lipinski definition) is 0. The zero-order valence-electron chi connectivity index (χ0n) is 21.3. The van der Waals surface area contributed by atoms with Gasteiger partial charge in [0.05, 0.1) is 22.8 Å². The molecule has 8 nitrogen and oxygen atoms in total. The van der Waals surface area contributed by atoms with Crippen molar-refractivity contribution in [3.63, 3.8) is 0 Å². The number of carbonyl (C=O) groups is 2. The fourth-order valence-electron chi connectivity index (χ4n) is 4.61. The Hall–Kier alpha value is -3.31. The Bertz CT molecular complexity index is 1200. The Morgan fingerprint density at radius 2 is 1.89 bits per heavy atom. The van der Waals surface area contributed by atoms with Gasteiger partial charge in [0.1, 0.15) is 11.9 Å². The third-order valence-corrected chi connectivity index (χ3v) is 7.49. The van der Waals surface area contributed by atoms with Crippen molar-refractivity contribution in [2.24, 2.45) is 11.3 Å². The maximum absolute atomic E-state index is 12.4. The molecule has 1 aliphatic heterocycles. The van der Waals surface area contributed by atoms with Crippen LogP contribution in [0.2, 0.25) is 5.02 Å². The normalized spacial score (nSPS) is 18.4. The lowest BCUT2D eigenvalue weighted by molar-refractivity contribution is 0.0827. The molecule has 36 heavy (non-hydrogen) atoms. The Morgan fingerprint density at radius 3 is 2.47 bits per heavy atom. The van der Waals surface area contributed by atoms with Crippen molar-refractivity contribution in [2.75, 3.05) is 51.8 Å². The number of anilines is 1. The van der Waals surface area contributed by atoms with Crippen molar-refractivity contribution >= 4 is 29.4 Å². The number of pyridine rings is 1. The first kappa shape index (κ1) is 25.8. The lowest BCUT2D eigenvalue weighted by Gasteiger charge is -2.35. The molecule has 0 bridgehead atoms. The molecule has 1 saturated heterocycles. The number of nitrogens with zero attached hydrogens (tertiary/aromatic N) is 5. The summed E-state index contributed by atoms with van der Waals surface area (Å²) in [4.78, 5) is 34.5. The van der Waals surface area contributed by atoms with Crippen molar-refractivity contribution in [1.29, 1.82) is 5.26 Å². The van der Waals surface area contributed by atoms with E-state index in [9.17, 15) is 14.9 Å². The predicted molar refractivity (Wildman–Crippen MR) is 139 cm³/mol. The van der Waals surface area contributed by atoms with E-state index in [2.05, 4.69) is 24.9 Å². The van der Waals surface area contributed by atoms with Crippen LogP contribution in [0.5, 0.6) is 0 Å². The van der Waals surface area contributed by atoms with Crippen molar-refractivity contribution in [1.82, 2.24) is 14.8 Å². The Kier molecular flexibility index (Phi) is 7.41. The van der Waals surface area contributed by atoms with E-state index in [0.29, 0.717) is 66.1 Å². The number of ether oxygens (including phenoxy) is 1. The molecule has 1 aliphatic carbocycles. The van der Waals surface area contributed by atoms with Gasteiger partial charge >= 0.3 is 6.09 Å². The second-order valence-corrected chi connectivity index (χ2v) is 10.8. The second kappa shape index (κ2) is 10.4. The van der Waals surface area contributed by atoms with E-state index in [1.807, 2.05) is 4.90 Å². The monoisotopic (exact) mass is 509 g/mol. The van der Waals surface area contributed by atoms with E-state index in [1.165, 1.54) is 11.3 Å². The van der Waals surface area contributed by atoms with E-state index in [1.54, 1.807) is 49.5 Å². The summed E-state index contributed by atoms with van der Waals surface area (Å²) in [5, 5.41) is 10.1. The van der Waals surface area contributed by atoms with Crippen LogP contribution >= 0.6 is 11.6 Å². The minimum absolute atomic E-state index is 0.173. The van der Waals surface area contributed by atoms with Gasteiger partial charge in [0, 0.05) is 52.0 Å². The largest absolute Gasteiger partial charge is 0.449 e. The predicted octanol–water partition coefficient (Wildman–Crippen LogP) is 4.67. The lowest BCUT2D eigenvalue weighted by atomic mass is 10.0. The molecule has 9 heteroatoms. The average molecular weight is 510 g/mol. The molecule has 2 aliphatic rings. The molecular weight excluding hydrogens is 478 g/mol. The van der Waals surface area contributed by atoms with Crippen molar-refractivity contribution in [3.05, 3.63) is 46.6 Å². The van der Waals surface area contributed by atoms with Gasteiger partial charge in [0.25, 0.3) is 5.91 Å². The Balaban J connectivity index is 1.37. The smallest absolute Gasteiger partial charge is 0.409 e. The molecule has 0 spiro atoms. The molecule has 2 heterocycles. The minimum atomic E-state index is -0.273. The van der Waals surface area contributed by atoms with Crippen LogP contribution in [0.3, 0.4) is 0 Å². The van der Waals surface area contributed by atoms with Crippen LogP contribution in [0.25, 0.3) is 11.1 Å². The average Bonchev–Trinajstić information content (AvgIpc) is 3.48. The standard InChI is InChI=1S/C27H32ClN5O3/c1-27(2)15-21(27)7-12-36-26(35)33-10-8-32(9-11-33)24-19(16-29)13-20(17-30-24)18-5-6-22(23(28)14-18)25(34)31(3)4/h5-6,13-14,17,21H,7-12,15H2,1-4H3. The number of carbonyl (C=O) groups excluding carboxylic acids is 2. The summed E-state index contributed by atoms with van der Waals surface area (Å²) in [6.07, 6.45) is 3.55.